The van der Waals surface area contributed by atoms with E-state index in [0.717, 1.165) is 16.2 Å². The molecule has 0 saturated carbocycles. The highest BCUT2D eigenvalue weighted by Crippen LogP contribution is 2.31. The van der Waals surface area contributed by atoms with Crippen molar-refractivity contribution in [3.63, 3.8) is 0 Å². The number of likely N-dealkylation sites (N-methyl/N-ethyl adjacent to an activating group) is 2. The maximum Gasteiger partial charge on any atom is 0.327 e. The summed E-state index contributed by atoms with van der Waals surface area (Å²) in [4.78, 5) is 30.2. The predicted molar refractivity (Wildman–Crippen MR) is 112 cm³/mol. The molecule has 0 radical (unpaired) electrons. The number of halogens is 1. The Balaban J connectivity index is 1.55. The third kappa shape index (κ3) is 3.17. The van der Waals surface area contributed by atoms with E-state index in [1.807, 2.05) is 35.2 Å². The van der Waals surface area contributed by atoms with Gasteiger partial charge < -0.3 is 4.90 Å². The second kappa shape index (κ2) is 7.44. The van der Waals surface area contributed by atoms with Crippen molar-refractivity contribution in [1.82, 2.24) is 25.0 Å². The van der Waals surface area contributed by atoms with Gasteiger partial charge in [-0.1, -0.05) is 48.5 Å². The molecular formula is C22H23FN6O2. The highest BCUT2D eigenvalue weighted by Gasteiger charge is 2.55. The maximum absolute atomic E-state index is 14.4. The molecule has 0 aromatic heterocycles. The van der Waals surface area contributed by atoms with E-state index in [1.54, 1.807) is 30.3 Å². The van der Waals surface area contributed by atoms with E-state index in [0.29, 0.717) is 12.1 Å². The van der Waals surface area contributed by atoms with Crippen molar-refractivity contribution in [3.05, 3.63) is 71.5 Å². The molecule has 3 atom stereocenters. The van der Waals surface area contributed by atoms with Gasteiger partial charge >= 0.3 is 6.03 Å². The highest BCUT2D eigenvalue weighted by molar-refractivity contribution is 6.04. The maximum atomic E-state index is 14.4. The summed E-state index contributed by atoms with van der Waals surface area (Å²) in [6, 6.07) is 15.4. The fraction of sp³-hybridized carbons (Fsp3) is 0.318. The molecule has 3 aliphatic heterocycles. The molecule has 0 spiro atoms. The van der Waals surface area contributed by atoms with Crippen LogP contribution in [0.2, 0.25) is 0 Å². The van der Waals surface area contributed by atoms with Crippen LogP contribution in [-0.4, -0.2) is 76.5 Å². The molecule has 9 heteroatoms. The Morgan fingerprint density at radius 3 is 2.52 bits per heavy atom. The van der Waals surface area contributed by atoms with Crippen LogP contribution in [0.5, 0.6) is 0 Å². The molecule has 1 N–H and O–H groups in total. The van der Waals surface area contributed by atoms with Crippen molar-refractivity contribution in [3.8, 4) is 0 Å². The Morgan fingerprint density at radius 1 is 1.06 bits per heavy atom. The fourth-order valence-corrected chi connectivity index (χ4v) is 4.48. The lowest BCUT2D eigenvalue weighted by Crippen LogP contribution is -2.65. The van der Waals surface area contributed by atoms with E-state index in [2.05, 4.69) is 5.32 Å². The largest absolute Gasteiger partial charge is 0.327 e. The van der Waals surface area contributed by atoms with Crippen LogP contribution in [0.15, 0.2) is 59.7 Å². The quantitative estimate of drug-likeness (QED) is 0.811. The first-order valence-electron chi connectivity index (χ1n) is 10.1. The van der Waals surface area contributed by atoms with Crippen molar-refractivity contribution < 1.29 is 14.0 Å². The standard InChI is InChI=1S/C22H23FN6O2/c1-26-19-18(20(30)27(2)22(26)31)28-13-17(14-8-4-3-5-9-14)25-29(21(28)24-19)12-15-10-6-7-11-16(15)23/h3-11,18-19,21,24H,12-13H2,1-2H3. The molecule has 2 saturated heterocycles. The van der Waals surface area contributed by atoms with Crippen molar-refractivity contribution in [1.29, 1.82) is 0 Å². The zero-order chi connectivity index (χ0) is 21.7. The molecule has 5 rings (SSSR count). The predicted octanol–water partition coefficient (Wildman–Crippen LogP) is 1.45. The van der Waals surface area contributed by atoms with Crippen LogP contribution in [0.4, 0.5) is 9.18 Å². The monoisotopic (exact) mass is 422 g/mol. The van der Waals surface area contributed by atoms with Crippen LogP contribution in [0.25, 0.3) is 0 Å². The summed E-state index contributed by atoms with van der Waals surface area (Å²) in [5.41, 5.74) is 2.22. The van der Waals surface area contributed by atoms with Gasteiger partial charge in [0.05, 0.1) is 12.3 Å². The number of fused-ring (bicyclic) bond motifs is 3. The summed E-state index contributed by atoms with van der Waals surface area (Å²) in [6.07, 6.45) is -0.942. The van der Waals surface area contributed by atoms with E-state index in [1.165, 1.54) is 18.0 Å². The number of hydrogen-bond donors (Lipinski definition) is 1. The summed E-state index contributed by atoms with van der Waals surface area (Å²) in [5, 5.41) is 9.95. The molecule has 8 nitrogen and oxygen atoms in total. The fourth-order valence-electron chi connectivity index (χ4n) is 4.48. The van der Waals surface area contributed by atoms with Gasteiger partial charge in [0.25, 0.3) is 5.91 Å². The second-order valence-corrected chi connectivity index (χ2v) is 7.99. The van der Waals surface area contributed by atoms with E-state index in [9.17, 15) is 14.0 Å². The Bertz CT molecular complexity index is 1060. The van der Waals surface area contributed by atoms with Crippen LogP contribution >= 0.6 is 0 Å². The molecule has 3 amide bonds. The lowest BCUT2D eigenvalue weighted by atomic mass is 10.1. The second-order valence-electron chi connectivity index (χ2n) is 7.99. The van der Waals surface area contributed by atoms with Crippen LogP contribution in [0.3, 0.4) is 0 Å². The number of nitrogens with zero attached hydrogens (tertiary/aromatic N) is 5. The van der Waals surface area contributed by atoms with Gasteiger partial charge in [0.15, 0.2) is 6.29 Å². The summed E-state index contributed by atoms with van der Waals surface area (Å²) in [5.74, 6) is -0.571. The number of imide groups is 1. The molecule has 0 bridgehead atoms. The lowest BCUT2D eigenvalue weighted by Gasteiger charge is -2.41. The number of carbonyl (C=O) groups is 2. The molecule has 3 heterocycles. The minimum Gasteiger partial charge on any atom is -0.310 e. The topological polar surface area (TPSA) is 71.5 Å². The molecule has 0 aliphatic carbocycles. The minimum absolute atomic E-state index is 0.221. The van der Waals surface area contributed by atoms with E-state index in [4.69, 9.17) is 5.10 Å². The summed E-state index contributed by atoms with van der Waals surface area (Å²) in [7, 11) is 3.17. The van der Waals surface area contributed by atoms with E-state index < -0.39 is 18.5 Å². The molecule has 2 fully saturated rings. The van der Waals surface area contributed by atoms with Crippen LogP contribution < -0.4 is 5.32 Å². The summed E-state index contributed by atoms with van der Waals surface area (Å²) < 4.78 is 14.4. The van der Waals surface area contributed by atoms with Gasteiger partial charge in [0.1, 0.15) is 18.0 Å². The summed E-state index contributed by atoms with van der Waals surface area (Å²) >= 11 is 0. The average molecular weight is 422 g/mol. The average Bonchev–Trinajstić information content (AvgIpc) is 3.18. The van der Waals surface area contributed by atoms with E-state index >= 15 is 0 Å². The molecule has 3 unspecified atom stereocenters. The molecular weight excluding hydrogens is 399 g/mol. The van der Waals surface area contributed by atoms with Crippen molar-refractivity contribution in [2.24, 2.45) is 5.10 Å². The Hall–Kier alpha value is -3.30. The first-order valence-corrected chi connectivity index (χ1v) is 10.1. The van der Waals surface area contributed by atoms with Crippen molar-refractivity contribution in [2.45, 2.75) is 25.0 Å². The Labute approximate surface area is 179 Å². The molecule has 2 aromatic carbocycles. The number of nitrogens with one attached hydrogen (secondary N) is 1. The van der Waals surface area contributed by atoms with Gasteiger partial charge in [-0.15, -0.1) is 0 Å². The van der Waals surface area contributed by atoms with Gasteiger partial charge in [0.2, 0.25) is 0 Å². The third-order valence-electron chi connectivity index (χ3n) is 6.14. The number of rotatable bonds is 3. The molecule has 3 aliphatic rings. The normalized spacial score (nSPS) is 26.1. The van der Waals surface area contributed by atoms with Crippen LogP contribution in [0, 0.1) is 5.82 Å². The Kier molecular flexibility index (Phi) is 4.71. The van der Waals surface area contributed by atoms with E-state index in [-0.39, 0.29) is 24.3 Å². The first kappa shape index (κ1) is 19.7. The number of hydrogen-bond acceptors (Lipinski definition) is 6. The Morgan fingerprint density at radius 2 is 1.77 bits per heavy atom. The van der Waals surface area contributed by atoms with Crippen LogP contribution in [0.1, 0.15) is 11.1 Å². The smallest absolute Gasteiger partial charge is 0.310 e. The number of benzene rings is 2. The first-order chi connectivity index (χ1) is 15.0. The lowest BCUT2D eigenvalue weighted by molar-refractivity contribution is -0.137. The van der Waals surface area contributed by atoms with Crippen molar-refractivity contribution in [2.75, 3.05) is 20.6 Å². The molecule has 160 valence electrons. The number of urea groups is 1. The van der Waals surface area contributed by atoms with Crippen molar-refractivity contribution >= 4 is 17.6 Å². The minimum atomic E-state index is -0.560. The molecule has 31 heavy (non-hydrogen) atoms. The SMILES string of the molecule is CN1C(=O)C2C(NC3N(Cc4ccccc4F)N=C(c4ccccc4)CN23)N(C)C1=O. The van der Waals surface area contributed by atoms with Gasteiger partial charge in [-0.3, -0.25) is 20.0 Å². The van der Waals surface area contributed by atoms with Gasteiger partial charge in [-0.05, 0) is 11.6 Å². The van der Waals surface area contributed by atoms with Crippen LogP contribution in [-0.2, 0) is 11.3 Å². The van der Waals surface area contributed by atoms with Gasteiger partial charge in [-0.2, -0.15) is 5.10 Å². The van der Waals surface area contributed by atoms with Gasteiger partial charge in [-0.25, -0.2) is 14.1 Å². The zero-order valence-electron chi connectivity index (χ0n) is 17.3. The zero-order valence-corrected chi connectivity index (χ0v) is 17.3. The highest BCUT2D eigenvalue weighted by atomic mass is 19.1. The summed E-state index contributed by atoms with van der Waals surface area (Å²) in [6.45, 7) is 0.649. The third-order valence-corrected chi connectivity index (χ3v) is 6.14. The number of carbonyl (C=O) groups excluding carboxylic acids is 2. The molecule has 2 aromatic rings. The number of amides is 3. The number of hydrazone groups is 1. The van der Waals surface area contributed by atoms with Gasteiger partial charge in [0, 0.05) is 26.2 Å².